The second-order valence-electron chi connectivity index (χ2n) is 6.04. The van der Waals surface area contributed by atoms with Gasteiger partial charge >= 0.3 is 5.97 Å². The van der Waals surface area contributed by atoms with Crippen LogP contribution >= 0.6 is 0 Å². The van der Waals surface area contributed by atoms with Crippen molar-refractivity contribution in [2.45, 2.75) is 33.2 Å². The number of methoxy groups -OCH3 is 1. The van der Waals surface area contributed by atoms with Crippen molar-refractivity contribution in [1.82, 2.24) is 15.1 Å². The third-order valence-electron chi connectivity index (χ3n) is 4.08. The van der Waals surface area contributed by atoms with Crippen LogP contribution in [0.5, 0.6) is 0 Å². The standard InChI is InChI=1S/C15H29N3O3/c1-12(2)13(3)16-14(19)11-18-9-7-17(8-10-18)6-5-15(20)21-4/h12-13H,5-11H2,1-4H3,(H,16,19). The first-order chi connectivity index (χ1) is 9.92. The first kappa shape index (κ1) is 17.9. The van der Waals surface area contributed by atoms with Crippen LogP contribution < -0.4 is 5.32 Å². The zero-order valence-corrected chi connectivity index (χ0v) is 13.7. The summed E-state index contributed by atoms with van der Waals surface area (Å²) in [5.74, 6) is 0.378. The Kier molecular flexibility index (Phi) is 7.67. The van der Waals surface area contributed by atoms with Crippen LogP contribution in [0.2, 0.25) is 0 Å². The van der Waals surface area contributed by atoms with E-state index >= 15 is 0 Å². The summed E-state index contributed by atoms with van der Waals surface area (Å²) in [5, 5.41) is 3.03. The SMILES string of the molecule is COC(=O)CCN1CCN(CC(=O)NC(C)C(C)C)CC1. The zero-order chi connectivity index (χ0) is 15.8. The van der Waals surface area contributed by atoms with Crippen molar-refractivity contribution in [2.75, 3.05) is 46.4 Å². The van der Waals surface area contributed by atoms with E-state index in [1.165, 1.54) is 7.11 Å². The van der Waals surface area contributed by atoms with E-state index in [9.17, 15) is 9.59 Å². The van der Waals surface area contributed by atoms with Crippen molar-refractivity contribution < 1.29 is 14.3 Å². The minimum Gasteiger partial charge on any atom is -0.469 e. The highest BCUT2D eigenvalue weighted by molar-refractivity contribution is 5.78. The third-order valence-corrected chi connectivity index (χ3v) is 4.08. The van der Waals surface area contributed by atoms with Gasteiger partial charge in [-0.1, -0.05) is 13.8 Å². The molecule has 0 radical (unpaired) electrons. The van der Waals surface area contributed by atoms with Crippen molar-refractivity contribution >= 4 is 11.9 Å². The number of hydrogen-bond acceptors (Lipinski definition) is 5. The van der Waals surface area contributed by atoms with Crippen molar-refractivity contribution in [3.8, 4) is 0 Å². The lowest BCUT2D eigenvalue weighted by atomic mass is 10.1. The largest absolute Gasteiger partial charge is 0.469 e. The molecule has 1 aliphatic rings. The number of carbonyl (C=O) groups is 2. The lowest BCUT2D eigenvalue weighted by Crippen LogP contribution is -2.50. The molecule has 0 aromatic rings. The number of ether oxygens (including phenoxy) is 1. The van der Waals surface area contributed by atoms with Crippen LogP contribution in [0.4, 0.5) is 0 Å². The van der Waals surface area contributed by atoms with E-state index in [0.717, 1.165) is 32.7 Å². The Hall–Kier alpha value is -1.14. The Morgan fingerprint density at radius 1 is 1.10 bits per heavy atom. The zero-order valence-electron chi connectivity index (χ0n) is 13.7. The second kappa shape index (κ2) is 9.00. The highest BCUT2D eigenvalue weighted by Gasteiger charge is 2.20. The highest BCUT2D eigenvalue weighted by Crippen LogP contribution is 2.04. The first-order valence-electron chi connectivity index (χ1n) is 7.73. The second-order valence-corrected chi connectivity index (χ2v) is 6.04. The third kappa shape index (κ3) is 6.91. The van der Waals surface area contributed by atoms with Gasteiger partial charge in [-0.05, 0) is 12.8 Å². The predicted octanol–water partition coefficient (Wildman–Crippen LogP) is 0.328. The molecule has 6 nitrogen and oxygen atoms in total. The number of piperazine rings is 1. The van der Waals surface area contributed by atoms with E-state index in [0.29, 0.717) is 18.9 Å². The van der Waals surface area contributed by atoms with Crippen LogP contribution in [-0.4, -0.2) is 74.1 Å². The lowest BCUT2D eigenvalue weighted by Gasteiger charge is -2.34. The van der Waals surface area contributed by atoms with Gasteiger partial charge in [0.05, 0.1) is 20.1 Å². The average Bonchev–Trinajstić information content (AvgIpc) is 2.45. The van der Waals surface area contributed by atoms with Crippen LogP contribution in [0.25, 0.3) is 0 Å². The molecule has 0 saturated carbocycles. The summed E-state index contributed by atoms with van der Waals surface area (Å²) in [6, 6.07) is 0.207. The Bertz CT molecular complexity index is 339. The molecule has 1 atom stereocenters. The molecule has 0 spiro atoms. The number of esters is 1. The van der Waals surface area contributed by atoms with Crippen LogP contribution in [0, 0.1) is 5.92 Å². The Labute approximate surface area is 127 Å². The van der Waals surface area contributed by atoms with Crippen LogP contribution in [0.3, 0.4) is 0 Å². The topological polar surface area (TPSA) is 61.9 Å². The smallest absolute Gasteiger partial charge is 0.306 e. The van der Waals surface area contributed by atoms with Gasteiger partial charge in [-0.3, -0.25) is 14.5 Å². The fraction of sp³-hybridized carbons (Fsp3) is 0.867. The molecule has 0 aliphatic carbocycles. The van der Waals surface area contributed by atoms with Gasteiger partial charge in [-0.25, -0.2) is 0 Å². The summed E-state index contributed by atoms with van der Waals surface area (Å²) in [5.41, 5.74) is 0. The quantitative estimate of drug-likeness (QED) is 0.686. The van der Waals surface area contributed by atoms with Gasteiger partial charge in [0.25, 0.3) is 0 Å². The predicted molar refractivity (Wildman–Crippen MR) is 82.0 cm³/mol. The summed E-state index contributed by atoms with van der Waals surface area (Å²) >= 11 is 0. The maximum atomic E-state index is 11.9. The van der Waals surface area contributed by atoms with E-state index < -0.39 is 0 Å². The van der Waals surface area contributed by atoms with E-state index in [2.05, 4.69) is 33.7 Å². The summed E-state index contributed by atoms with van der Waals surface area (Å²) in [4.78, 5) is 27.4. The van der Waals surface area contributed by atoms with Crippen LogP contribution in [0.15, 0.2) is 0 Å². The first-order valence-corrected chi connectivity index (χ1v) is 7.73. The Morgan fingerprint density at radius 3 is 2.19 bits per heavy atom. The highest BCUT2D eigenvalue weighted by atomic mass is 16.5. The number of nitrogens with one attached hydrogen (secondary N) is 1. The number of hydrogen-bond donors (Lipinski definition) is 1. The minimum absolute atomic E-state index is 0.0965. The molecule has 122 valence electrons. The molecule has 1 fully saturated rings. The Balaban J connectivity index is 2.21. The molecule has 0 bridgehead atoms. The van der Waals surface area contributed by atoms with Gasteiger partial charge in [-0.15, -0.1) is 0 Å². The van der Waals surface area contributed by atoms with Gasteiger partial charge in [0, 0.05) is 38.8 Å². The molecular weight excluding hydrogens is 270 g/mol. The van der Waals surface area contributed by atoms with Crippen molar-refractivity contribution in [2.24, 2.45) is 5.92 Å². The molecule has 1 unspecified atom stereocenters. The Morgan fingerprint density at radius 2 is 1.67 bits per heavy atom. The summed E-state index contributed by atoms with van der Waals surface area (Å²) in [7, 11) is 1.41. The molecule has 1 N–H and O–H groups in total. The van der Waals surface area contributed by atoms with Crippen molar-refractivity contribution in [1.29, 1.82) is 0 Å². The van der Waals surface area contributed by atoms with Crippen LogP contribution in [0.1, 0.15) is 27.2 Å². The maximum Gasteiger partial charge on any atom is 0.306 e. The fourth-order valence-electron chi connectivity index (χ4n) is 2.19. The molecule has 1 amide bonds. The van der Waals surface area contributed by atoms with Gasteiger partial charge < -0.3 is 15.0 Å². The molecule has 6 heteroatoms. The van der Waals surface area contributed by atoms with E-state index in [4.69, 9.17) is 0 Å². The molecule has 1 rings (SSSR count). The van der Waals surface area contributed by atoms with Crippen molar-refractivity contribution in [3.05, 3.63) is 0 Å². The number of carbonyl (C=O) groups excluding carboxylic acids is 2. The molecule has 0 aromatic heterocycles. The fourth-order valence-corrected chi connectivity index (χ4v) is 2.19. The number of rotatable bonds is 7. The van der Waals surface area contributed by atoms with E-state index in [1.54, 1.807) is 0 Å². The normalized spacial score (nSPS) is 18.5. The molecule has 1 aliphatic heterocycles. The van der Waals surface area contributed by atoms with Gasteiger partial charge in [0.1, 0.15) is 0 Å². The average molecular weight is 299 g/mol. The van der Waals surface area contributed by atoms with Gasteiger partial charge in [0.15, 0.2) is 0 Å². The summed E-state index contributed by atoms with van der Waals surface area (Å²) < 4.78 is 4.64. The molecule has 0 aromatic carbocycles. The van der Waals surface area contributed by atoms with Gasteiger partial charge in [0.2, 0.25) is 5.91 Å². The van der Waals surface area contributed by atoms with E-state index in [-0.39, 0.29) is 17.9 Å². The molecule has 1 saturated heterocycles. The lowest BCUT2D eigenvalue weighted by molar-refractivity contribution is -0.141. The summed E-state index contributed by atoms with van der Waals surface area (Å²) in [6.07, 6.45) is 0.433. The molecule has 21 heavy (non-hydrogen) atoms. The molecular formula is C15H29N3O3. The van der Waals surface area contributed by atoms with E-state index in [1.807, 2.05) is 6.92 Å². The number of amides is 1. The molecule has 1 heterocycles. The minimum atomic E-state index is -0.167. The van der Waals surface area contributed by atoms with Crippen molar-refractivity contribution in [3.63, 3.8) is 0 Å². The van der Waals surface area contributed by atoms with Crippen LogP contribution in [-0.2, 0) is 14.3 Å². The summed E-state index contributed by atoms with van der Waals surface area (Å²) in [6.45, 7) is 11.0. The monoisotopic (exact) mass is 299 g/mol. The maximum absolute atomic E-state index is 11.9. The van der Waals surface area contributed by atoms with Gasteiger partial charge in [-0.2, -0.15) is 0 Å². The number of nitrogens with zero attached hydrogens (tertiary/aromatic N) is 2.